The fourth-order valence-electron chi connectivity index (χ4n) is 2.24. The Morgan fingerprint density at radius 1 is 1.10 bits per heavy atom. The van der Waals surface area contributed by atoms with Gasteiger partial charge in [0.05, 0.1) is 13.2 Å². The quantitative estimate of drug-likeness (QED) is 0.934. The summed E-state index contributed by atoms with van der Waals surface area (Å²) in [5, 5.41) is 10.4. The monoisotopic (exact) mass is 275 g/mol. The Balaban J connectivity index is 1.99. The van der Waals surface area contributed by atoms with Gasteiger partial charge >= 0.3 is 0 Å². The lowest BCUT2D eigenvalue weighted by Crippen LogP contribution is -2.11. The molecule has 1 saturated heterocycles. The number of aromatic nitrogens is 1. The number of aliphatic hydroxyl groups excluding tert-OH is 1. The molecule has 0 amide bonds. The van der Waals surface area contributed by atoms with Crippen LogP contribution < -0.4 is 0 Å². The van der Waals surface area contributed by atoms with E-state index in [0.29, 0.717) is 24.5 Å². The van der Waals surface area contributed by atoms with Crippen LogP contribution in [-0.4, -0.2) is 23.3 Å². The Hall–Kier alpha value is -1.82. The molecule has 1 N–H and O–H groups in total. The minimum atomic E-state index is -1.10. The lowest BCUT2D eigenvalue weighted by Gasteiger charge is -2.18. The molecule has 1 atom stereocenters. The van der Waals surface area contributed by atoms with Crippen LogP contribution in [0.2, 0.25) is 0 Å². The SMILES string of the molecule is OC(c1ccccc1F)c1cccnc1C1OCCO1. The number of nitrogens with zero attached hydrogens (tertiary/aromatic N) is 1. The first kappa shape index (κ1) is 13.2. The Bertz CT molecular complexity index is 599. The number of halogens is 1. The first-order valence-electron chi connectivity index (χ1n) is 6.38. The maximum Gasteiger partial charge on any atom is 0.201 e. The molecule has 104 valence electrons. The van der Waals surface area contributed by atoms with Crippen molar-refractivity contribution in [3.8, 4) is 0 Å². The second-order valence-electron chi connectivity index (χ2n) is 4.48. The summed E-state index contributed by atoms with van der Waals surface area (Å²) in [6, 6.07) is 9.52. The van der Waals surface area contributed by atoms with E-state index in [1.165, 1.54) is 6.07 Å². The minimum absolute atomic E-state index is 0.208. The molecule has 1 fully saturated rings. The molecule has 5 heteroatoms. The second-order valence-corrected chi connectivity index (χ2v) is 4.48. The Kier molecular flexibility index (Phi) is 3.73. The molecular formula is C15H14FNO3. The molecule has 4 nitrogen and oxygen atoms in total. The molecule has 1 aromatic heterocycles. The van der Waals surface area contributed by atoms with Gasteiger partial charge in [0.25, 0.3) is 0 Å². The number of pyridine rings is 1. The highest BCUT2D eigenvalue weighted by Gasteiger charge is 2.26. The van der Waals surface area contributed by atoms with E-state index in [1.807, 2.05) is 0 Å². The van der Waals surface area contributed by atoms with Crippen LogP contribution in [0.25, 0.3) is 0 Å². The van der Waals surface area contributed by atoms with E-state index in [4.69, 9.17) is 9.47 Å². The average Bonchev–Trinajstić information content (AvgIpc) is 3.01. The van der Waals surface area contributed by atoms with Crippen LogP contribution in [0.3, 0.4) is 0 Å². The van der Waals surface area contributed by atoms with Gasteiger partial charge < -0.3 is 14.6 Å². The topological polar surface area (TPSA) is 51.6 Å². The fraction of sp³-hybridized carbons (Fsp3) is 0.267. The van der Waals surface area contributed by atoms with Crippen molar-refractivity contribution in [2.75, 3.05) is 13.2 Å². The van der Waals surface area contributed by atoms with Crippen molar-refractivity contribution < 1.29 is 19.0 Å². The predicted molar refractivity (Wildman–Crippen MR) is 69.3 cm³/mol. The van der Waals surface area contributed by atoms with E-state index in [9.17, 15) is 9.50 Å². The highest BCUT2D eigenvalue weighted by Crippen LogP contribution is 2.31. The molecule has 2 heterocycles. The van der Waals surface area contributed by atoms with Crippen LogP contribution in [-0.2, 0) is 9.47 Å². The van der Waals surface area contributed by atoms with Crippen LogP contribution in [0.5, 0.6) is 0 Å². The summed E-state index contributed by atoms with van der Waals surface area (Å²) >= 11 is 0. The van der Waals surface area contributed by atoms with Gasteiger partial charge in [-0.2, -0.15) is 0 Å². The smallest absolute Gasteiger partial charge is 0.201 e. The summed E-state index contributed by atoms with van der Waals surface area (Å²) < 4.78 is 24.6. The van der Waals surface area contributed by atoms with Gasteiger partial charge in [-0.1, -0.05) is 24.3 Å². The van der Waals surface area contributed by atoms with Crippen molar-refractivity contribution in [1.82, 2.24) is 4.98 Å². The highest BCUT2D eigenvalue weighted by molar-refractivity contribution is 5.33. The summed E-state index contributed by atoms with van der Waals surface area (Å²) in [6.45, 7) is 0.965. The molecule has 0 spiro atoms. The molecule has 20 heavy (non-hydrogen) atoms. The Morgan fingerprint density at radius 2 is 1.80 bits per heavy atom. The molecule has 1 aliphatic rings. The first-order chi connectivity index (χ1) is 9.77. The zero-order valence-electron chi connectivity index (χ0n) is 10.7. The minimum Gasteiger partial charge on any atom is -0.383 e. The first-order valence-corrected chi connectivity index (χ1v) is 6.38. The van der Waals surface area contributed by atoms with Crippen LogP contribution in [0.15, 0.2) is 42.6 Å². The molecule has 0 saturated carbocycles. The molecular weight excluding hydrogens is 261 g/mol. The van der Waals surface area contributed by atoms with Gasteiger partial charge in [0, 0.05) is 17.3 Å². The third kappa shape index (κ3) is 2.43. The van der Waals surface area contributed by atoms with Gasteiger partial charge in [0.1, 0.15) is 17.6 Å². The number of hydrogen-bond acceptors (Lipinski definition) is 4. The van der Waals surface area contributed by atoms with Crippen LogP contribution in [0.1, 0.15) is 29.2 Å². The maximum atomic E-state index is 13.8. The van der Waals surface area contributed by atoms with Crippen LogP contribution in [0, 0.1) is 5.82 Å². The number of ether oxygens (including phenoxy) is 2. The van der Waals surface area contributed by atoms with Gasteiger partial charge in [0.15, 0.2) is 0 Å². The molecule has 0 aliphatic carbocycles. The molecule has 1 aliphatic heterocycles. The molecule has 1 unspecified atom stereocenters. The van der Waals surface area contributed by atoms with Crippen LogP contribution in [0.4, 0.5) is 4.39 Å². The zero-order valence-corrected chi connectivity index (χ0v) is 10.7. The van der Waals surface area contributed by atoms with E-state index in [-0.39, 0.29) is 5.56 Å². The number of aliphatic hydroxyl groups is 1. The van der Waals surface area contributed by atoms with E-state index in [0.717, 1.165) is 0 Å². The van der Waals surface area contributed by atoms with Gasteiger partial charge in [0.2, 0.25) is 6.29 Å². The lowest BCUT2D eigenvalue weighted by molar-refractivity contribution is -0.0489. The summed E-state index contributed by atoms with van der Waals surface area (Å²) in [5.74, 6) is -0.455. The second kappa shape index (κ2) is 5.66. The molecule has 1 aromatic carbocycles. The number of hydrogen-bond donors (Lipinski definition) is 1. The van der Waals surface area contributed by atoms with Crippen LogP contribution >= 0.6 is 0 Å². The van der Waals surface area contributed by atoms with Crippen molar-refractivity contribution in [2.45, 2.75) is 12.4 Å². The standard InChI is InChI=1S/C15H14FNO3/c16-12-6-2-1-4-10(12)14(18)11-5-3-7-17-13(11)15-19-8-9-20-15/h1-7,14-15,18H,8-9H2. The lowest BCUT2D eigenvalue weighted by atomic mass is 9.99. The number of rotatable bonds is 3. The van der Waals surface area contributed by atoms with E-state index in [1.54, 1.807) is 36.5 Å². The van der Waals surface area contributed by atoms with E-state index < -0.39 is 18.2 Å². The van der Waals surface area contributed by atoms with Gasteiger partial charge in [-0.15, -0.1) is 0 Å². The highest BCUT2D eigenvalue weighted by atomic mass is 19.1. The van der Waals surface area contributed by atoms with Crippen molar-refractivity contribution in [2.24, 2.45) is 0 Å². The average molecular weight is 275 g/mol. The van der Waals surface area contributed by atoms with Gasteiger partial charge in [-0.3, -0.25) is 4.98 Å². The number of benzene rings is 1. The summed E-state index contributed by atoms with van der Waals surface area (Å²) in [4.78, 5) is 4.20. The van der Waals surface area contributed by atoms with Gasteiger partial charge in [-0.05, 0) is 12.1 Å². The maximum absolute atomic E-state index is 13.8. The van der Waals surface area contributed by atoms with Crippen molar-refractivity contribution in [1.29, 1.82) is 0 Å². The van der Waals surface area contributed by atoms with E-state index in [2.05, 4.69) is 4.98 Å². The van der Waals surface area contributed by atoms with E-state index >= 15 is 0 Å². The fourth-order valence-corrected chi connectivity index (χ4v) is 2.24. The van der Waals surface area contributed by atoms with Crippen molar-refractivity contribution >= 4 is 0 Å². The Labute approximate surface area is 115 Å². The molecule has 2 aromatic rings. The van der Waals surface area contributed by atoms with Crippen molar-refractivity contribution in [3.63, 3.8) is 0 Å². The molecule has 0 bridgehead atoms. The summed E-state index contributed by atoms with van der Waals surface area (Å²) in [5.41, 5.74) is 1.19. The molecule has 3 rings (SSSR count). The Morgan fingerprint density at radius 3 is 2.55 bits per heavy atom. The summed E-state index contributed by atoms with van der Waals surface area (Å²) in [6.07, 6.45) is -0.113. The normalized spacial score (nSPS) is 17.3. The zero-order chi connectivity index (χ0) is 13.9. The predicted octanol–water partition coefficient (Wildman–Crippen LogP) is 2.35. The largest absolute Gasteiger partial charge is 0.383 e. The third-order valence-corrected chi connectivity index (χ3v) is 3.21. The molecule has 0 radical (unpaired) electrons. The van der Waals surface area contributed by atoms with Gasteiger partial charge in [-0.25, -0.2) is 4.39 Å². The summed E-state index contributed by atoms with van der Waals surface area (Å²) in [7, 11) is 0. The van der Waals surface area contributed by atoms with Crippen molar-refractivity contribution in [3.05, 3.63) is 65.2 Å². The third-order valence-electron chi connectivity index (χ3n) is 3.21.